The van der Waals surface area contributed by atoms with Crippen LogP contribution in [0.5, 0.6) is 0 Å². The van der Waals surface area contributed by atoms with Gasteiger partial charge in [-0.1, -0.05) is 60.8 Å². The lowest BCUT2D eigenvalue weighted by atomic mass is 9.98. The number of methoxy groups -OCH3 is 1. The third-order valence-corrected chi connectivity index (χ3v) is 8.20. The monoisotopic (exact) mass is 427 g/mol. The van der Waals surface area contributed by atoms with Gasteiger partial charge in [0.25, 0.3) is 0 Å². The van der Waals surface area contributed by atoms with E-state index >= 15 is 0 Å². The standard InChI is InChI=1S/C24H33NO4Si/c1-8-15-30(6,7)21-14-13-17(18-11-9-10-12-19(18)21)16-20(22(26)28-5)25-23(27)29-24(2,3)4/h8-14,20H,1,15-16H2,2-7H3,(H,25,27)/t20-/m0/s1. The lowest BCUT2D eigenvalue weighted by Crippen LogP contribution is -2.45. The van der Waals surface area contributed by atoms with Crippen LogP contribution in [0.3, 0.4) is 0 Å². The molecular formula is C24H33NO4Si. The van der Waals surface area contributed by atoms with E-state index in [9.17, 15) is 9.59 Å². The molecule has 0 radical (unpaired) electrons. The molecule has 0 aliphatic heterocycles. The Morgan fingerprint density at radius 1 is 1.13 bits per heavy atom. The van der Waals surface area contributed by atoms with Crippen LogP contribution in [-0.4, -0.2) is 38.9 Å². The number of ether oxygens (including phenoxy) is 2. The van der Waals surface area contributed by atoms with Crippen molar-refractivity contribution in [2.75, 3.05) is 7.11 Å². The van der Waals surface area contributed by atoms with Crippen LogP contribution in [0.2, 0.25) is 19.1 Å². The van der Waals surface area contributed by atoms with Crippen LogP contribution >= 0.6 is 0 Å². The van der Waals surface area contributed by atoms with E-state index in [0.29, 0.717) is 6.42 Å². The third kappa shape index (κ3) is 5.95. The number of amides is 1. The van der Waals surface area contributed by atoms with E-state index in [4.69, 9.17) is 9.47 Å². The molecule has 5 nitrogen and oxygen atoms in total. The number of rotatable bonds is 7. The van der Waals surface area contributed by atoms with E-state index in [1.165, 1.54) is 17.7 Å². The quantitative estimate of drug-likeness (QED) is 0.400. The Bertz CT molecular complexity index is 930. The number of allylic oxidation sites excluding steroid dienone is 1. The van der Waals surface area contributed by atoms with Gasteiger partial charge in [0, 0.05) is 6.42 Å². The Hall–Kier alpha value is -2.60. The average Bonchev–Trinajstić information content (AvgIpc) is 2.65. The summed E-state index contributed by atoms with van der Waals surface area (Å²) in [6.45, 7) is 13.9. The molecule has 162 valence electrons. The number of benzene rings is 2. The number of hydrogen-bond donors (Lipinski definition) is 1. The molecule has 0 fully saturated rings. The summed E-state index contributed by atoms with van der Waals surface area (Å²) in [5.41, 5.74) is 0.324. The molecule has 0 aromatic heterocycles. The Morgan fingerprint density at radius 2 is 1.77 bits per heavy atom. The fourth-order valence-corrected chi connectivity index (χ4v) is 6.03. The molecule has 1 atom stereocenters. The number of esters is 1. The Kier molecular flexibility index (Phi) is 7.47. The smallest absolute Gasteiger partial charge is 0.408 e. The number of carbonyl (C=O) groups excluding carboxylic acids is 2. The van der Waals surface area contributed by atoms with Crippen molar-refractivity contribution < 1.29 is 19.1 Å². The molecule has 6 heteroatoms. The fourth-order valence-electron chi connectivity index (χ4n) is 3.61. The van der Waals surface area contributed by atoms with Crippen molar-refractivity contribution in [3.05, 3.63) is 54.6 Å². The molecule has 0 bridgehead atoms. The van der Waals surface area contributed by atoms with Crippen molar-refractivity contribution in [2.24, 2.45) is 0 Å². The number of fused-ring (bicyclic) bond motifs is 1. The van der Waals surface area contributed by atoms with Crippen molar-refractivity contribution in [1.82, 2.24) is 5.32 Å². The van der Waals surface area contributed by atoms with E-state index in [1.54, 1.807) is 20.8 Å². The predicted molar refractivity (Wildman–Crippen MR) is 125 cm³/mol. The van der Waals surface area contributed by atoms with Crippen molar-refractivity contribution >= 4 is 36.1 Å². The third-order valence-electron chi connectivity index (χ3n) is 5.00. The lowest BCUT2D eigenvalue weighted by molar-refractivity contribution is -0.143. The van der Waals surface area contributed by atoms with Gasteiger partial charge in [-0.2, -0.15) is 0 Å². The molecule has 1 amide bonds. The highest BCUT2D eigenvalue weighted by Gasteiger charge is 2.28. The van der Waals surface area contributed by atoms with E-state index < -0.39 is 31.8 Å². The highest BCUT2D eigenvalue weighted by atomic mass is 28.3. The zero-order chi connectivity index (χ0) is 22.5. The molecule has 2 aromatic carbocycles. The van der Waals surface area contributed by atoms with E-state index in [-0.39, 0.29) is 0 Å². The largest absolute Gasteiger partial charge is 0.467 e. The van der Waals surface area contributed by atoms with Crippen LogP contribution in [0.1, 0.15) is 26.3 Å². The van der Waals surface area contributed by atoms with Gasteiger partial charge in [-0.25, -0.2) is 9.59 Å². The van der Waals surface area contributed by atoms with Crippen LogP contribution in [0.25, 0.3) is 10.8 Å². The van der Waals surface area contributed by atoms with Crippen molar-refractivity contribution in [3.8, 4) is 0 Å². The maximum absolute atomic E-state index is 12.4. The Labute approximate surface area is 180 Å². The maximum atomic E-state index is 12.4. The molecule has 0 spiro atoms. The normalized spacial score (nSPS) is 12.9. The summed E-state index contributed by atoms with van der Waals surface area (Å²) in [7, 11) is -0.372. The van der Waals surface area contributed by atoms with Crippen molar-refractivity contribution in [1.29, 1.82) is 0 Å². The molecule has 2 rings (SSSR count). The molecule has 1 N–H and O–H groups in total. The molecule has 0 unspecified atom stereocenters. The van der Waals surface area contributed by atoms with Gasteiger partial charge in [0.2, 0.25) is 0 Å². The molecule has 0 saturated heterocycles. The van der Waals surface area contributed by atoms with Gasteiger partial charge in [-0.05, 0) is 43.2 Å². The maximum Gasteiger partial charge on any atom is 0.408 e. The number of carbonyl (C=O) groups is 2. The van der Waals surface area contributed by atoms with Gasteiger partial charge in [-0.15, -0.1) is 6.58 Å². The number of hydrogen-bond acceptors (Lipinski definition) is 4. The minimum absolute atomic E-state index is 0.316. The van der Waals surface area contributed by atoms with E-state index in [2.05, 4.69) is 49.3 Å². The molecule has 0 aliphatic carbocycles. The van der Waals surface area contributed by atoms with Crippen LogP contribution in [0.4, 0.5) is 4.79 Å². The average molecular weight is 428 g/mol. The van der Waals surface area contributed by atoms with E-state index in [1.807, 2.05) is 18.2 Å². The first kappa shape index (κ1) is 23.7. The summed E-state index contributed by atoms with van der Waals surface area (Å²) in [6, 6.07) is 12.6. The van der Waals surface area contributed by atoms with Crippen molar-refractivity contribution in [2.45, 2.75) is 58.0 Å². The summed E-state index contributed by atoms with van der Waals surface area (Å²) < 4.78 is 10.2. The summed E-state index contributed by atoms with van der Waals surface area (Å²) >= 11 is 0. The van der Waals surface area contributed by atoms with Gasteiger partial charge in [0.05, 0.1) is 15.2 Å². The van der Waals surface area contributed by atoms with Gasteiger partial charge < -0.3 is 14.8 Å². The second-order valence-electron chi connectivity index (χ2n) is 9.12. The SMILES string of the molecule is C=CC[Si](C)(C)c1ccc(C[C@H](NC(=O)OC(C)(C)C)C(=O)OC)c2ccccc12. The molecule has 0 heterocycles. The molecule has 0 aliphatic rings. The summed E-state index contributed by atoms with van der Waals surface area (Å²) in [5.74, 6) is -0.504. The number of nitrogens with one attached hydrogen (secondary N) is 1. The lowest BCUT2D eigenvalue weighted by Gasteiger charge is -2.25. The molecule has 0 saturated carbocycles. The summed E-state index contributed by atoms with van der Waals surface area (Å²) in [4.78, 5) is 24.6. The first-order valence-corrected chi connectivity index (χ1v) is 13.4. The molecule has 2 aromatic rings. The zero-order valence-electron chi connectivity index (χ0n) is 18.9. The second-order valence-corrected chi connectivity index (χ2v) is 13.8. The van der Waals surface area contributed by atoms with Crippen LogP contribution in [-0.2, 0) is 20.7 Å². The highest BCUT2D eigenvalue weighted by Crippen LogP contribution is 2.23. The van der Waals surface area contributed by atoms with Gasteiger partial charge in [-0.3, -0.25) is 0 Å². The Morgan fingerprint density at radius 3 is 2.33 bits per heavy atom. The topological polar surface area (TPSA) is 64.6 Å². The van der Waals surface area contributed by atoms with E-state index in [0.717, 1.165) is 17.0 Å². The predicted octanol–water partition coefficient (Wildman–Crippen LogP) is 4.55. The highest BCUT2D eigenvalue weighted by molar-refractivity contribution is 6.91. The first-order chi connectivity index (χ1) is 14.0. The molecular weight excluding hydrogens is 394 g/mol. The molecule has 30 heavy (non-hydrogen) atoms. The van der Waals surface area contributed by atoms with Gasteiger partial charge >= 0.3 is 12.1 Å². The summed E-state index contributed by atoms with van der Waals surface area (Å²) in [6.07, 6.45) is 1.67. The fraction of sp³-hybridized carbons (Fsp3) is 0.417. The second kappa shape index (κ2) is 9.47. The zero-order valence-corrected chi connectivity index (χ0v) is 19.9. The van der Waals surface area contributed by atoms with Crippen LogP contribution in [0, 0.1) is 0 Å². The first-order valence-electron chi connectivity index (χ1n) is 10.2. The summed E-state index contributed by atoms with van der Waals surface area (Å²) in [5, 5.41) is 6.29. The minimum atomic E-state index is -1.69. The van der Waals surface area contributed by atoms with Crippen molar-refractivity contribution in [3.63, 3.8) is 0 Å². The van der Waals surface area contributed by atoms with Crippen LogP contribution in [0.15, 0.2) is 49.1 Å². The Balaban J connectivity index is 2.42. The van der Waals surface area contributed by atoms with Gasteiger partial charge in [0.15, 0.2) is 0 Å². The van der Waals surface area contributed by atoms with Crippen LogP contribution < -0.4 is 10.5 Å². The number of alkyl carbamates (subject to hydrolysis) is 1. The minimum Gasteiger partial charge on any atom is -0.467 e. The van der Waals surface area contributed by atoms with Gasteiger partial charge in [0.1, 0.15) is 11.6 Å².